The molecule has 0 spiro atoms. The van der Waals surface area contributed by atoms with E-state index >= 15 is 0 Å². The lowest BCUT2D eigenvalue weighted by Gasteiger charge is -2.21. The molecule has 2 atom stereocenters. The van der Waals surface area contributed by atoms with Crippen LogP contribution in [0.3, 0.4) is 0 Å². The fourth-order valence-electron chi connectivity index (χ4n) is 2.63. The molecule has 1 saturated heterocycles. The summed E-state index contributed by atoms with van der Waals surface area (Å²) in [5.74, 6) is 0.00396. The molecule has 1 aromatic carbocycles. The lowest BCUT2D eigenvalue weighted by atomic mass is 10.0. The summed E-state index contributed by atoms with van der Waals surface area (Å²) in [6, 6.07) is 9.38. The van der Waals surface area contributed by atoms with Gasteiger partial charge in [0.25, 0.3) is 0 Å². The summed E-state index contributed by atoms with van der Waals surface area (Å²) in [6.07, 6.45) is 1.64. The smallest absolute Gasteiger partial charge is 0.222 e. The monoisotopic (exact) mass is 304 g/mol. The zero-order valence-corrected chi connectivity index (χ0v) is 13.0. The number of hydrogen-bond acceptors (Lipinski definition) is 3. The third-order valence-corrected chi connectivity index (χ3v) is 4.03. The number of nitrogens with zero attached hydrogens (tertiary/aromatic N) is 1. The van der Waals surface area contributed by atoms with Crippen LogP contribution in [-0.4, -0.2) is 47.1 Å². The number of hydrogen-bond donors (Lipinski definition) is 2. The molecule has 0 aromatic heterocycles. The fraction of sp³-hybridized carbons (Fsp3) is 0.529. The van der Waals surface area contributed by atoms with Gasteiger partial charge in [-0.1, -0.05) is 30.3 Å². The van der Waals surface area contributed by atoms with Gasteiger partial charge in [0.15, 0.2) is 0 Å². The van der Waals surface area contributed by atoms with E-state index in [4.69, 9.17) is 0 Å². The van der Waals surface area contributed by atoms with E-state index in [2.05, 4.69) is 5.32 Å². The minimum Gasteiger partial charge on any atom is -0.391 e. The molecule has 5 heteroatoms. The predicted octanol–water partition coefficient (Wildman–Crippen LogP) is 1.11. The zero-order chi connectivity index (χ0) is 15.9. The first kappa shape index (κ1) is 16.5. The van der Waals surface area contributed by atoms with E-state index in [1.54, 1.807) is 11.8 Å². The molecule has 1 fully saturated rings. The van der Waals surface area contributed by atoms with Gasteiger partial charge in [0, 0.05) is 32.4 Å². The Morgan fingerprint density at radius 3 is 2.73 bits per heavy atom. The van der Waals surface area contributed by atoms with Crippen molar-refractivity contribution in [2.24, 2.45) is 0 Å². The average Bonchev–Trinajstić information content (AvgIpc) is 2.91. The van der Waals surface area contributed by atoms with Crippen molar-refractivity contribution in [3.05, 3.63) is 35.9 Å². The summed E-state index contributed by atoms with van der Waals surface area (Å²) in [5, 5.41) is 13.0. The van der Waals surface area contributed by atoms with Crippen LogP contribution in [0.4, 0.5) is 0 Å². The maximum atomic E-state index is 11.9. The Balaban J connectivity index is 1.72. The molecule has 22 heavy (non-hydrogen) atoms. The van der Waals surface area contributed by atoms with Gasteiger partial charge < -0.3 is 15.3 Å². The number of rotatable bonds is 7. The summed E-state index contributed by atoms with van der Waals surface area (Å²) in [7, 11) is 0. The highest BCUT2D eigenvalue weighted by atomic mass is 16.3. The van der Waals surface area contributed by atoms with Crippen LogP contribution < -0.4 is 5.32 Å². The highest BCUT2D eigenvalue weighted by molar-refractivity contribution is 5.80. The third-order valence-electron chi connectivity index (χ3n) is 4.03. The number of amides is 2. The highest BCUT2D eigenvalue weighted by Gasteiger charge is 2.21. The minimum absolute atomic E-state index is 0.126. The van der Waals surface area contributed by atoms with Crippen LogP contribution in [0.15, 0.2) is 30.3 Å². The summed E-state index contributed by atoms with van der Waals surface area (Å²) in [4.78, 5) is 25.1. The van der Waals surface area contributed by atoms with Gasteiger partial charge in [-0.15, -0.1) is 0 Å². The predicted molar refractivity (Wildman–Crippen MR) is 84.2 cm³/mol. The van der Waals surface area contributed by atoms with Crippen molar-refractivity contribution in [2.75, 3.05) is 13.1 Å². The first-order valence-corrected chi connectivity index (χ1v) is 7.85. The Hall–Kier alpha value is -1.88. The fourth-order valence-corrected chi connectivity index (χ4v) is 2.63. The molecule has 5 nitrogen and oxygen atoms in total. The van der Waals surface area contributed by atoms with Gasteiger partial charge in [0.05, 0.1) is 12.1 Å². The number of carbonyl (C=O) groups excluding carboxylic acids is 2. The molecular weight excluding hydrogens is 280 g/mol. The van der Waals surface area contributed by atoms with Gasteiger partial charge in [-0.3, -0.25) is 9.59 Å². The molecule has 0 saturated carbocycles. The average molecular weight is 304 g/mol. The number of aliphatic hydroxyl groups excluding tert-OH is 1. The quantitative estimate of drug-likeness (QED) is 0.793. The van der Waals surface area contributed by atoms with Crippen LogP contribution in [0, 0.1) is 0 Å². The van der Waals surface area contributed by atoms with Crippen LogP contribution >= 0.6 is 0 Å². The Morgan fingerprint density at radius 1 is 1.36 bits per heavy atom. The zero-order valence-electron chi connectivity index (χ0n) is 13.0. The van der Waals surface area contributed by atoms with E-state index in [9.17, 15) is 14.7 Å². The molecule has 1 heterocycles. The maximum Gasteiger partial charge on any atom is 0.222 e. The number of nitrogens with one attached hydrogen (secondary N) is 1. The lowest BCUT2D eigenvalue weighted by Crippen LogP contribution is -2.43. The van der Waals surface area contributed by atoms with E-state index in [0.29, 0.717) is 19.4 Å². The second-order valence-electron chi connectivity index (χ2n) is 5.85. The molecular formula is C17H24N2O3. The topological polar surface area (TPSA) is 69.6 Å². The van der Waals surface area contributed by atoms with Crippen LogP contribution in [0.1, 0.15) is 31.7 Å². The maximum absolute atomic E-state index is 11.9. The lowest BCUT2D eigenvalue weighted by molar-refractivity contribution is -0.128. The van der Waals surface area contributed by atoms with Gasteiger partial charge >= 0.3 is 0 Å². The molecule has 1 aliphatic heterocycles. The number of aliphatic hydroxyl groups is 1. The summed E-state index contributed by atoms with van der Waals surface area (Å²) in [6.45, 7) is 3.01. The Kier molecular flexibility index (Phi) is 5.95. The van der Waals surface area contributed by atoms with E-state index in [1.807, 2.05) is 30.3 Å². The first-order chi connectivity index (χ1) is 10.6. The van der Waals surface area contributed by atoms with Crippen LogP contribution in [0.5, 0.6) is 0 Å². The summed E-state index contributed by atoms with van der Waals surface area (Å²) in [5.41, 5.74) is 1.04. The van der Waals surface area contributed by atoms with Crippen molar-refractivity contribution < 1.29 is 14.7 Å². The normalized spacial score (nSPS) is 17.4. The van der Waals surface area contributed by atoms with E-state index < -0.39 is 6.10 Å². The summed E-state index contributed by atoms with van der Waals surface area (Å²) < 4.78 is 0. The molecule has 2 rings (SSSR count). The molecule has 0 radical (unpaired) electrons. The van der Waals surface area contributed by atoms with E-state index in [0.717, 1.165) is 18.5 Å². The number of benzene rings is 1. The van der Waals surface area contributed by atoms with Crippen molar-refractivity contribution in [3.63, 3.8) is 0 Å². The Labute approximate surface area is 131 Å². The van der Waals surface area contributed by atoms with Crippen molar-refractivity contribution >= 4 is 11.8 Å². The van der Waals surface area contributed by atoms with Crippen molar-refractivity contribution in [2.45, 2.75) is 44.8 Å². The largest absolute Gasteiger partial charge is 0.391 e. The molecule has 0 aliphatic carbocycles. The van der Waals surface area contributed by atoms with Crippen LogP contribution in [-0.2, 0) is 16.0 Å². The van der Waals surface area contributed by atoms with Crippen molar-refractivity contribution in [3.8, 4) is 0 Å². The molecule has 1 aliphatic rings. The molecule has 0 bridgehead atoms. The highest BCUT2D eigenvalue weighted by Crippen LogP contribution is 2.10. The SMILES string of the molecule is CC(NC(=O)CCN1CCCC1=O)C(O)Cc1ccccc1. The Morgan fingerprint density at radius 2 is 2.09 bits per heavy atom. The van der Waals surface area contributed by atoms with Gasteiger partial charge in [0.2, 0.25) is 11.8 Å². The van der Waals surface area contributed by atoms with Crippen LogP contribution in [0.25, 0.3) is 0 Å². The van der Waals surface area contributed by atoms with Crippen molar-refractivity contribution in [1.29, 1.82) is 0 Å². The molecule has 2 amide bonds. The van der Waals surface area contributed by atoms with Gasteiger partial charge in [-0.25, -0.2) is 0 Å². The molecule has 1 aromatic rings. The minimum atomic E-state index is -0.625. The van der Waals surface area contributed by atoms with Crippen LogP contribution in [0.2, 0.25) is 0 Å². The van der Waals surface area contributed by atoms with Gasteiger partial charge in [0.1, 0.15) is 0 Å². The summed E-state index contributed by atoms with van der Waals surface area (Å²) >= 11 is 0. The second kappa shape index (κ2) is 7.94. The second-order valence-corrected chi connectivity index (χ2v) is 5.85. The van der Waals surface area contributed by atoms with E-state index in [1.165, 1.54) is 0 Å². The number of likely N-dealkylation sites (tertiary alicyclic amines) is 1. The molecule has 2 unspecified atom stereocenters. The van der Waals surface area contributed by atoms with Gasteiger partial charge in [-0.2, -0.15) is 0 Å². The first-order valence-electron chi connectivity index (χ1n) is 7.85. The number of carbonyl (C=O) groups is 2. The van der Waals surface area contributed by atoms with E-state index in [-0.39, 0.29) is 24.3 Å². The van der Waals surface area contributed by atoms with Crippen molar-refractivity contribution in [1.82, 2.24) is 10.2 Å². The Bertz CT molecular complexity index is 504. The molecule has 120 valence electrons. The third kappa shape index (κ3) is 4.84. The molecule has 2 N–H and O–H groups in total. The standard InChI is InChI=1S/C17H24N2O3/c1-13(15(20)12-14-6-3-2-4-7-14)18-16(21)9-11-19-10-5-8-17(19)22/h2-4,6-7,13,15,20H,5,8-12H2,1H3,(H,18,21). The van der Waals surface area contributed by atoms with Gasteiger partial charge in [-0.05, 0) is 18.9 Å².